The van der Waals surface area contributed by atoms with Crippen LogP contribution in [0.25, 0.3) is 0 Å². The Morgan fingerprint density at radius 3 is 2.45 bits per heavy atom. The van der Waals surface area contributed by atoms with Gasteiger partial charge in [0.25, 0.3) is 0 Å². The average Bonchev–Trinajstić information content (AvgIpc) is 3.06. The molecule has 4 nitrogen and oxygen atoms in total. The van der Waals surface area contributed by atoms with Crippen molar-refractivity contribution < 1.29 is 14.3 Å². The number of amides is 1. The lowest BCUT2D eigenvalue weighted by Crippen LogP contribution is -2.42. The Kier molecular flexibility index (Phi) is 5.03. The molecule has 4 heteroatoms. The third-order valence-corrected chi connectivity index (χ3v) is 4.03. The summed E-state index contributed by atoms with van der Waals surface area (Å²) in [7, 11) is 0. The number of aliphatic hydroxyl groups excluding tert-OH is 1. The molecule has 0 saturated carbocycles. The highest BCUT2D eigenvalue weighted by atomic mass is 16.3. The second-order valence-corrected chi connectivity index (χ2v) is 5.90. The maximum Gasteiger partial charge on any atom is 0.230 e. The molecule has 1 aromatic heterocycles. The van der Waals surface area contributed by atoms with Gasteiger partial charge in [0.1, 0.15) is 11.8 Å². The van der Waals surface area contributed by atoms with Gasteiger partial charge in [0, 0.05) is 0 Å². The molecule has 2 rings (SSSR count). The molecule has 0 saturated heterocycles. The van der Waals surface area contributed by atoms with E-state index < -0.39 is 11.5 Å². The topological polar surface area (TPSA) is 62.5 Å². The van der Waals surface area contributed by atoms with Crippen molar-refractivity contribution >= 4 is 5.91 Å². The fourth-order valence-corrected chi connectivity index (χ4v) is 2.32. The lowest BCUT2D eigenvalue weighted by Gasteiger charge is -2.26. The molecule has 0 aliphatic rings. The van der Waals surface area contributed by atoms with Crippen molar-refractivity contribution in [3.63, 3.8) is 0 Å². The molecule has 1 aromatic carbocycles. The van der Waals surface area contributed by atoms with Crippen LogP contribution in [0, 0.1) is 0 Å². The van der Waals surface area contributed by atoms with Gasteiger partial charge in [-0.15, -0.1) is 0 Å². The lowest BCUT2D eigenvalue weighted by atomic mass is 9.83. The Hall–Kier alpha value is -2.07. The molecule has 0 fully saturated rings. The second kappa shape index (κ2) is 6.79. The van der Waals surface area contributed by atoms with E-state index in [-0.39, 0.29) is 12.5 Å². The summed E-state index contributed by atoms with van der Waals surface area (Å²) in [5.41, 5.74) is 1.49. The van der Waals surface area contributed by atoms with E-state index >= 15 is 0 Å². The van der Waals surface area contributed by atoms with Crippen LogP contribution in [-0.4, -0.2) is 17.6 Å². The number of aryl methyl sites for hydroxylation is 1. The Balaban J connectivity index is 2.15. The monoisotopic (exact) mass is 301 g/mol. The van der Waals surface area contributed by atoms with Crippen LogP contribution in [0.3, 0.4) is 0 Å². The third kappa shape index (κ3) is 3.39. The molecule has 0 bridgehead atoms. The molecule has 118 valence electrons. The van der Waals surface area contributed by atoms with Gasteiger partial charge in [0.2, 0.25) is 5.91 Å². The summed E-state index contributed by atoms with van der Waals surface area (Å²) >= 11 is 0. The van der Waals surface area contributed by atoms with E-state index in [4.69, 9.17) is 4.42 Å². The second-order valence-electron chi connectivity index (χ2n) is 5.90. The van der Waals surface area contributed by atoms with E-state index in [1.807, 2.05) is 38.1 Å². The van der Waals surface area contributed by atoms with Gasteiger partial charge < -0.3 is 14.8 Å². The number of carbonyl (C=O) groups excluding carboxylic acids is 1. The Morgan fingerprint density at radius 1 is 1.27 bits per heavy atom. The van der Waals surface area contributed by atoms with Crippen LogP contribution >= 0.6 is 0 Å². The van der Waals surface area contributed by atoms with E-state index in [1.165, 1.54) is 11.8 Å². The van der Waals surface area contributed by atoms with E-state index in [9.17, 15) is 9.90 Å². The lowest BCUT2D eigenvalue weighted by molar-refractivity contribution is -0.126. The molecule has 0 radical (unpaired) electrons. The van der Waals surface area contributed by atoms with Gasteiger partial charge >= 0.3 is 0 Å². The SMILES string of the molecule is CCc1ccc(C(C)(C)C(=O)NC(CO)c2ccco2)cc1. The largest absolute Gasteiger partial charge is 0.467 e. The number of benzene rings is 1. The summed E-state index contributed by atoms with van der Waals surface area (Å²) < 4.78 is 5.26. The summed E-state index contributed by atoms with van der Waals surface area (Å²) in [6.07, 6.45) is 2.50. The highest BCUT2D eigenvalue weighted by Crippen LogP contribution is 2.25. The smallest absolute Gasteiger partial charge is 0.230 e. The van der Waals surface area contributed by atoms with Crippen molar-refractivity contribution in [1.82, 2.24) is 5.32 Å². The van der Waals surface area contributed by atoms with Crippen LogP contribution in [0.4, 0.5) is 0 Å². The minimum Gasteiger partial charge on any atom is -0.467 e. The number of hydrogen-bond acceptors (Lipinski definition) is 3. The number of carbonyl (C=O) groups is 1. The summed E-state index contributed by atoms with van der Waals surface area (Å²) in [5.74, 6) is 0.403. The predicted molar refractivity (Wildman–Crippen MR) is 85.5 cm³/mol. The maximum absolute atomic E-state index is 12.6. The molecule has 1 amide bonds. The first kappa shape index (κ1) is 16.3. The molecule has 1 atom stereocenters. The van der Waals surface area contributed by atoms with Gasteiger partial charge in [-0.2, -0.15) is 0 Å². The van der Waals surface area contributed by atoms with Gasteiger partial charge in [-0.1, -0.05) is 31.2 Å². The molecule has 0 aliphatic heterocycles. The molecule has 0 spiro atoms. The summed E-state index contributed by atoms with van der Waals surface area (Å²) in [6, 6.07) is 11.0. The van der Waals surface area contributed by atoms with Crippen LogP contribution in [0.15, 0.2) is 47.1 Å². The minimum absolute atomic E-state index is 0.146. The van der Waals surface area contributed by atoms with Crippen molar-refractivity contribution in [3.8, 4) is 0 Å². The van der Waals surface area contributed by atoms with Crippen molar-refractivity contribution in [3.05, 3.63) is 59.5 Å². The number of aliphatic hydroxyl groups is 1. The van der Waals surface area contributed by atoms with Crippen LogP contribution in [0.5, 0.6) is 0 Å². The van der Waals surface area contributed by atoms with E-state index in [1.54, 1.807) is 12.1 Å². The number of nitrogens with one attached hydrogen (secondary N) is 1. The van der Waals surface area contributed by atoms with Crippen LogP contribution in [-0.2, 0) is 16.6 Å². The van der Waals surface area contributed by atoms with E-state index in [0.29, 0.717) is 5.76 Å². The van der Waals surface area contributed by atoms with Crippen molar-refractivity contribution in [2.45, 2.75) is 38.6 Å². The van der Waals surface area contributed by atoms with Crippen LogP contribution in [0.1, 0.15) is 43.7 Å². The molecule has 2 aromatic rings. The quantitative estimate of drug-likeness (QED) is 0.862. The highest BCUT2D eigenvalue weighted by Gasteiger charge is 2.31. The normalized spacial score (nSPS) is 12.9. The Bertz CT molecular complexity index is 600. The zero-order valence-corrected chi connectivity index (χ0v) is 13.3. The fraction of sp³-hybridized carbons (Fsp3) is 0.389. The first-order chi connectivity index (χ1) is 10.5. The molecule has 0 aliphatic carbocycles. The van der Waals surface area contributed by atoms with Crippen molar-refractivity contribution in [2.75, 3.05) is 6.61 Å². The summed E-state index contributed by atoms with van der Waals surface area (Å²) in [5, 5.41) is 12.3. The number of furan rings is 1. The van der Waals surface area contributed by atoms with Gasteiger partial charge in [0.15, 0.2) is 0 Å². The van der Waals surface area contributed by atoms with E-state index in [0.717, 1.165) is 12.0 Å². The standard InChI is InChI=1S/C18H23NO3/c1-4-13-7-9-14(10-8-13)18(2,3)17(21)19-15(12-20)16-6-5-11-22-16/h5-11,15,20H,4,12H2,1-3H3,(H,19,21). The molecule has 2 N–H and O–H groups in total. The first-order valence-electron chi connectivity index (χ1n) is 7.53. The first-order valence-corrected chi connectivity index (χ1v) is 7.53. The van der Waals surface area contributed by atoms with Gasteiger partial charge in [-0.05, 0) is 43.5 Å². The zero-order valence-electron chi connectivity index (χ0n) is 13.3. The van der Waals surface area contributed by atoms with E-state index in [2.05, 4.69) is 12.2 Å². The highest BCUT2D eigenvalue weighted by molar-refractivity contribution is 5.87. The number of rotatable bonds is 6. The molecule has 22 heavy (non-hydrogen) atoms. The average molecular weight is 301 g/mol. The predicted octanol–water partition coefficient (Wildman–Crippen LogP) is 2.97. The zero-order chi connectivity index (χ0) is 16.2. The Labute approximate surface area is 131 Å². The Morgan fingerprint density at radius 2 is 1.95 bits per heavy atom. The summed E-state index contributed by atoms with van der Waals surface area (Å²) in [6.45, 7) is 5.64. The van der Waals surface area contributed by atoms with Gasteiger partial charge in [-0.3, -0.25) is 4.79 Å². The molecule has 1 heterocycles. The van der Waals surface area contributed by atoms with Gasteiger partial charge in [0.05, 0.1) is 18.3 Å². The minimum atomic E-state index is -0.688. The third-order valence-electron chi connectivity index (χ3n) is 4.03. The van der Waals surface area contributed by atoms with Crippen LogP contribution < -0.4 is 5.32 Å². The van der Waals surface area contributed by atoms with Crippen molar-refractivity contribution in [1.29, 1.82) is 0 Å². The summed E-state index contributed by atoms with van der Waals surface area (Å²) in [4.78, 5) is 12.6. The molecular formula is C18H23NO3. The van der Waals surface area contributed by atoms with Crippen LogP contribution in [0.2, 0.25) is 0 Å². The molecular weight excluding hydrogens is 278 g/mol. The van der Waals surface area contributed by atoms with Crippen molar-refractivity contribution in [2.24, 2.45) is 0 Å². The number of hydrogen-bond donors (Lipinski definition) is 2. The molecule has 1 unspecified atom stereocenters. The fourth-order valence-electron chi connectivity index (χ4n) is 2.32. The maximum atomic E-state index is 12.6. The van der Waals surface area contributed by atoms with Gasteiger partial charge in [-0.25, -0.2) is 0 Å².